The second kappa shape index (κ2) is 7.28. The van der Waals surface area contributed by atoms with Gasteiger partial charge in [0.25, 0.3) is 0 Å². The molecule has 0 bridgehead atoms. The third-order valence-electron chi connectivity index (χ3n) is 4.39. The van der Waals surface area contributed by atoms with Crippen molar-refractivity contribution < 1.29 is 9.59 Å². The van der Waals surface area contributed by atoms with E-state index in [-0.39, 0.29) is 29.2 Å². The number of amides is 2. The summed E-state index contributed by atoms with van der Waals surface area (Å²) in [6, 6.07) is 0. The number of nitrogens with one attached hydrogen (secondary N) is 1. The van der Waals surface area contributed by atoms with Gasteiger partial charge < -0.3 is 11.1 Å². The van der Waals surface area contributed by atoms with Crippen LogP contribution in [-0.2, 0) is 9.59 Å². The maximum atomic E-state index is 12.6. The van der Waals surface area contributed by atoms with Crippen LogP contribution in [0.1, 0.15) is 66.7 Å². The van der Waals surface area contributed by atoms with Crippen LogP contribution < -0.4 is 11.1 Å². The number of primary amides is 1. The van der Waals surface area contributed by atoms with E-state index in [1.165, 1.54) is 6.42 Å². The Morgan fingerprint density at radius 1 is 1.29 bits per heavy atom. The number of hydrogen-bond acceptors (Lipinski definition) is 2. The largest absolute Gasteiger partial charge is 0.369 e. The number of carbonyl (C=O) groups is 2. The topological polar surface area (TPSA) is 72.2 Å². The molecule has 0 spiro atoms. The van der Waals surface area contributed by atoms with Crippen molar-refractivity contribution in [2.24, 2.45) is 29.4 Å². The van der Waals surface area contributed by atoms with E-state index in [0.717, 1.165) is 25.7 Å². The van der Waals surface area contributed by atoms with Crippen LogP contribution in [0.2, 0.25) is 0 Å². The molecule has 1 aliphatic rings. The lowest BCUT2D eigenvalue weighted by Crippen LogP contribution is -2.47. The van der Waals surface area contributed by atoms with E-state index in [0.29, 0.717) is 11.8 Å². The highest BCUT2D eigenvalue weighted by molar-refractivity contribution is 5.87. The minimum Gasteiger partial charge on any atom is -0.369 e. The third-order valence-corrected chi connectivity index (χ3v) is 4.39. The lowest BCUT2D eigenvalue weighted by molar-refractivity contribution is -0.135. The Morgan fingerprint density at radius 3 is 2.24 bits per heavy atom. The van der Waals surface area contributed by atoms with Gasteiger partial charge in [-0.05, 0) is 51.9 Å². The van der Waals surface area contributed by atoms with E-state index in [2.05, 4.69) is 19.2 Å². The van der Waals surface area contributed by atoms with E-state index in [1.807, 2.05) is 20.8 Å². The molecular formula is C17H32N2O2. The molecule has 122 valence electrons. The van der Waals surface area contributed by atoms with Crippen molar-refractivity contribution in [3.8, 4) is 0 Å². The molecule has 1 aliphatic carbocycles. The molecule has 0 saturated heterocycles. The van der Waals surface area contributed by atoms with Crippen LogP contribution in [0.3, 0.4) is 0 Å². The Labute approximate surface area is 129 Å². The van der Waals surface area contributed by atoms with Crippen molar-refractivity contribution in [1.82, 2.24) is 5.32 Å². The summed E-state index contributed by atoms with van der Waals surface area (Å²) in [4.78, 5) is 24.5. The Hall–Kier alpha value is -1.06. The molecule has 0 radical (unpaired) electrons. The first-order valence-corrected chi connectivity index (χ1v) is 8.27. The Morgan fingerprint density at radius 2 is 1.86 bits per heavy atom. The smallest absolute Gasteiger partial charge is 0.224 e. The quantitative estimate of drug-likeness (QED) is 0.723. The van der Waals surface area contributed by atoms with Crippen LogP contribution in [0.4, 0.5) is 0 Å². The molecule has 1 saturated carbocycles. The monoisotopic (exact) mass is 296 g/mol. The summed E-state index contributed by atoms with van der Waals surface area (Å²) in [5, 5.41) is 3.03. The molecule has 0 aromatic rings. The first-order chi connectivity index (χ1) is 9.65. The van der Waals surface area contributed by atoms with Gasteiger partial charge in [-0.25, -0.2) is 0 Å². The van der Waals surface area contributed by atoms with Gasteiger partial charge in [-0.1, -0.05) is 26.7 Å². The highest BCUT2D eigenvalue weighted by Gasteiger charge is 2.41. The SMILES string of the molecule is CCCC[C@H](C(N)=O)C(CC1CC1C)C(=O)NC(C)(C)C. The maximum absolute atomic E-state index is 12.6. The third kappa shape index (κ3) is 6.06. The zero-order valence-electron chi connectivity index (χ0n) is 14.2. The van der Waals surface area contributed by atoms with Crippen LogP contribution in [0.25, 0.3) is 0 Å². The lowest BCUT2D eigenvalue weighted by atomic mass is 9.82. The molecule has 4 heteroatoms. The Kier molecular flexibility index (Phi) is 6.24. The van der Waals surface area contributed by atoms with Crippen LogP contribution in [0.15, 0.2) is 0 Å². The zero-order chi connectivity index (χ0) is 16.2. The number of carbonyl (C=O) groups excluding carboxylic acids is 2. The minimum atomic E-state index is -0.333. The van der Waals surface area contributed by atoms with E-state index in [9.17, 15) is 9.59 Å². The Bertz CT molecular complexity index is 373. The number of hydrogen-bond donors (Lipinski definition) is 2. The number of rotatable bonds is 8. The van der Waals surface area contributed by atoms with Gasteiger partial charge in [0.2, 0.25) is 11.8 Å². The number of unbranched alkanes of at least 4 members (excludes halogenated alkanes) is 1. The van der Waals surface area contributed by atoms with Crippen LogP contribution in [-0.4, -0.2) is 17.4 Å². The summed E-state index contributed by atoms with van der Waals surface area (Å²) in [6.45, 7) is 10.2. The van der Waals surface area contributed by atoms with Crippen LogP contribution in [0, 0.1) is 23.7 Å². The second-order valence-corrected chi connectivity index (χ2v) is 7.71. The number of nitrogens with two attached hydrogens (primary N) is 1. The molecule has 21 heavy (non-hydrogen) atoms. The van der Waals surface area contributed by atoms with Gasteiger partial charge in [0.15, 0.2) is 0 Å². The maximum Gasteiger partial charge on any atom is 0.224 e. The molecule has 0 heterocycles. The highest BCUT2D eigenvalue weighted by atomic mass is 16.2. The van der Waals surface area contributed by atoms with Crippen molar-refractivity contribution in [2.75, 3.05) is 0 Å². The van der Waals surface area contributed by atoms with E-state index >= 15 is 0 Å². The molecule has 3 N–H and O–H groups in total. The fourth-order valence-corrected chi connectivity index (χ4v) is 2.94. The summed E-state index contributed by atoms with van der Waals surface area (Å²) in [6.07, 6.45) is 4.62. The first-order valence-electron chi connectivity index (χ1n) is 8.27. The highest BCUT2D eigenvalue weighted by Crippen LogP contribution is 2.44. The molecule has 0 aromatic heterocycles. The Balaban J connectivity index is 2.82. The molecule has 0 aliphatic heterocycles. The summed E-state index contributed by atoms with van der Waals surface area (Å²) in [5.41, 5.74) is 5.31. The molecule has 1 fully saturated rings. The van der Waals surface area contributed by atoms with E-state index in [1.54, 1.807) is 0 Å². The minimum absolute atomic E-state index is 0.0125. The average molecular weight is 296 g/mol. The summed E-state index contributed by atoms with van der Waals surface area (Å²) in [5.74, 6) is 0.300. The molecule has 1 rings (SSSR count). The summed E-state index contributed by atoms with van der Waals surface area (Å²) in [7, 11) is 0. The van der Waals surface area contributed by atoms with Gasteiger partial charge in [-0.3, -0.25) is 9.59 Å². The van der Waals surface area contributed by atoms with E-state index < -0.39 is 0 Å². The van der Waals surface area contributed by atoms with Gasteiger partial charge in [0, 0.05) is 17.4 Å². The van der Waals surface area contributed by atoms with Gasteiger partial charge in [-0.15, -0.1) is 0 Å². The standard InChI is InChI=1S/C17H32N2O2/c1-6-7-8-13(15(18)20)14(10-12-9-11(12)2)16(21)19-17(3,4)5/h11-14H,6-10H2,1-5H3,(H2,18,20)(H,19,21)/t11?,12?,13-,14?/m0/s1. The van der Waals surface area contributed by atoms with Crippen molar-refractivity contribution in [1.29, 1.82) is 0 Å². The summed E-state index contributed by atoms with van der Waals surface area (Å²) >= 11 is 0. The molecule has 4 atom stereocenters. The van der Waals surface area contributed by atoms with Crippen LogP contribution >= 0.6 is 0 Å². The van der Waals surface area contributed by atoms with Gasteiger partial charge >= 0.3 is 0 Å². The van der Waals surface area contributed by atoms with Crippen molar-refractivity contribution in [3.63, 3.8) is 0 Å². The summed E-state index contributed by atoms with van der Waals surface area (Å²) < 4.78 is 0. The van der Waals surface area contributed by atoms with Gasteiger partial charge in [0.05, 0.1) is 0 Å². The first kappa shape index (κ1) is 18.0. The van der Waals surface area contributed by atoms with Gasteiger partial charge in [-0.2, -0.15) is 0 Å². The van der Waals surface area contributed by atoms with E-state index in [4.69, 9.17) is 5.73 Å². The fourth-order valence-electron chi connectivity index (χ4n) is 2.94. The van der Waals surface area contributed by atoms with Crippen molar-refractivity contribution in [3.05, 3.63) is 0 Å². The van der Waals surface area contributed by atoms with Gasteiger partial charge in [0.1, 0.15) is 0 Å². The molecule has 0 aromatic carbocycles. The zero-order valence-corrected chi connectivity index (χ0v) is 14.2. The molecule has 4 nitrogen and oxygen atoms in total. The molecule has 3 unspecified atom stereocenters. The van der Waals surface area contributed by atoms with Crippen molar-refractivity contribution >= 4 is 11.8 Å². The van der Waals surface area contributed by atoms with Crippen LogP contribution in [0.5, 0.6) is 0 Å². The molecule has 2 amide bonds. The van der Waals surface area contributed by atoms with Crippen molar-refractivity contribution in [2.45, 2.75) is 72.3 Å². The predicted molar refractivity (Wildman–Crippen MR) is 85.5 cm³/mol. The fraction of sp³-hybridized carbons (Fsp3) is 0.882. The predicted octanol–water partition coefficient (Wildman–Crippen LogP) is 2.86. The molecular weight excluding hydrogens is 264 g/mol. The second-order valence-electron chi connectivity index (χ2n) is 7.71. The normalized spacial score (nSPS) is 24.2. The average Bonchev–Trinajstić information content (AvgIpc) is 3.01. The lowest BCUT2D eigenvalue weighted by Gasteiger charge is -2.29.